The Morgan fingerprint density at radius 1 is 0.614 bits per heavy atom. The van der Waals surface area contributed by atoms with Gasteiger partial charge in [-0.2, -0.15) is 8.42 Å². The molecule has 2 aromatic heterocycles. The number of nitrogens with zero attached hydrogens (tertiary/aromatic N) is 5. The van der Waals surface area contributed by atoms with Crippen molar-refractivity contribution in [1.82, 2.24) is 29.8 Å². The Labute approximate surface area is 333 Å². The molecule has 17 heteroatoms. The van der Waals surface area contributed by atoms with Crippen molar-refractivity contribution < 1.29 is 35.9 Å². The largest absolute Gasteiger partial charge is 0.480 e. The van der Waals surface area contributed by atoms with Crippen LogP contribution in [0, 0.1) is 0 Å². The number of methoxy groups -OCH3 is 2. The summed E-state index contributed by atoms with van der Waals surface area (Å²) in [4.78, 5) is 26.8. The maximum absolute atomic E-state index is 12.8. The average molecular weight is 818 g/mol. The zero-order valence-electron chi connectivity index (χ0n) is 32.6. The minimum absolute atomic E-state index is 0.0114. The van der Waals surface area contributed by atoms with Crippen molar-refractivity contribution in [3.63, 3.8) is 0 Å². The van der Waals surface area contributed by atoms with E-state index in [9.17, 15) is 26.4 Å². The highest BCUT2D eigenvalue weighted by molar-refractivity contribution is 7.90. The van der Waals surface area contributed by atoms with E-state index >= 15 is 0 Å². The second-order valence-corrected chi connectivity index (χ2v) is 18.3. The summed E-state index contributed by atoms with van der Waals surface area (Å²) >= 11 is 0. The number of carbonyl (C=O) groups excluding carboxylic acids is 2. The van der Waals surface area contributed by atoms with E-state index in [0.29, 0.717) is 5.82 Å². The van der Waals surface area contributed by atoms with Crippen molar-refractivity contribution in [2.75, 3.05) is 33.2 Å². The standard InChI is InChI=1S/C20H24N4O3S.C20H23N3O5S/c1-24(2)18-9-10-20(22-21-18)28(26,27)23-19(25)12-17-15-7-3-5-13(15)11-14-6-4-8-16(14)17;1-27-19-11-17(20(28-2)22-21-19)29(25,26)23-18(24)10-16-14-7-3-5-12(14)9-13-6-4-8-15(13)16/h9-11H,3-8,12H2,1-2H3,(H,23,25);9,11H,3-8,10H2,1-2H3,(H,23,24). The molecule has 0 saturated heterocycles. The molecule has 0 saturated carbocycles. The molecule has 4 aliphatic rings. The molecule has 0 aliphatic heterocycles. The van der Waals surface area contributed by atoms with Gasteiger partial charge in [-0.05, 0) is 145 Å². The zero-order chi connectivity index (χ0) is 40.5. The third kappa shape index (κ3) is 8.44. The maximum atomic E-state index is 12.8. The first-order valence-corrected chi connectivity index (χ1v) is 22.1. The molecule has 2 amide bonds. The average Bonchev–Trinajstić information content (AvgIpc) is 4.02. The van der Waals surface area contributed by atoms with Crippen LogP contribution in [0.2, 0.25) is 0 Å². The van der Waals surface area contributed by atoms with Crippen LogP contribution in [0.3, 0.4) is 0 Å². The first kappa shape index (κ1) is 40.1. The van der Waals surface area contributed by atoms with Gasteiger partial charge in [0.15, 0.2) is 15.7 Å². The summed E-state index contributed by atoms with van der Waals surface area (Å²) in [6, 6.07) is 8.67. The van der Waals surface area contributed by atoms with E-state index < -0.39 is 31.9 Å². The van der Waals surface area contributed by atoms with E-state index in [1.165, 1.54) is 70.9 Å². The van der Waals surface area contributed by atoms with Gasteiger partial charge < -0.3 is 14.4 Å². The molecule has 0 spiro atoms. The molecule has 4 aliphatic carbocycles. The predicted molar refractivity (Wildman–Crippen MR) is 211 cm³/mol. The molecular weight excluding hydrogens is 771 g/mol. The minimum Gasteiger partial charge on any atom is -0.480 e. The fourth-order valence-corrected chi connectivity index (χ4v) is 10.5. The van der Waals surface area contributed by atoms with Crippen molar-refractivity contribution >= 4 is 37.7 Å². The fraction of sp³-hybridized carbons (Fsp3) is 0.450. The number of amides is 2. The van der Waals surface area contributed by atoms with Gasteiger partial charge in [0, 0.05) is 20.2 Å². The van der Waals surface area contributed by atoms with Crippen molar-refractivity contribution in [3.8, 4) is 11.8 Å². The van der Waals surface area contributed by atoms with E-state index in [2.05, 4.69) is 42.0 Å². The van der Waals surface area contributed by atoms with E-state index in [0.717, 1.165) is 88.2 Å². The Morgan fingerprint density at radius 3 is 1.49 bits per heavy atom. The van der Waals surface area contributed by atoms with Crippen molar-refractivity contribution in [1.29, 1.82) is 0 Å². The van der Waals surface area contributed by atoms with E-state index in [4.69, 9.17) is 9.47 Å². The number of anilines is 1. The van der Waals surface area contributed by atoms with Gasteiger partial charge in [-0.15, -0.1) is 20.4 Å². The number of aryl methyl sites for hydroxylation is 4. The molecule has 0 atom stereocenters. The summed E-state index contributed by atoms with van der Waals surface area (Å²) in [5.41, 5.74) is 12.3. The highest BCUT2D eigenvalue weighted by Crippen LogP contribution is 2.37. The van der Waals surface area contributed by atoms with Gasteiger partial charge in [0.2, 0.25) is 17.7 Å². The number of benzene rings is 2. The lowest BCUT2D eigenvalue weighted by Gasteiger charge is -2.15. The van der Waals surface area contributed by atoms with Crippen LogP contribution in [0.1, 0.15) is 81.3 Å². The number of hydrogen-bond acceptors (Lipinski definition) is 13. The van der Waals surface area contributed by atoms with Crippen LogP contribution in [0.15, 0.2) is 40.3 Å². The molecular formula is C40H47N7O8S2. The summed E-state index contributed by atoms with van der Waals surface area (Å²) in [6.45, 7) is 0. The lowest BCUT2D eigenvalue weighted by molar-refractivity contribution is -0.119. The van der Waals surface area contributed by atoms with Crippen LogP contribution in [0.5, 0.6) is 11.8 Å². The number of nitrogens with one attached hydrogen (secondary N) is 2. The lowest BCUT2D eigenvalue weighted by Crippen LogP contribution is -2.33. The molecule has 0 radical (unpaired) electrons. The second-order valence-electron chi connectivity index (χ2n) is 15.0. The number of aromatic nitrogens is 4. The third-order valence-corrected chi connectivity index (χ3v) is 13.8. The van der Waals surface area contributed by atoms with Gasteiger partial charge in [0.1, 0.15) is 0 Å². The molecule has 0 bridgehead atoms. The molecule has 8 rings (SSSR count). The molecule has 0 unspecified atom stereocenters. The Balaban J connectivity index is 0.000000174. The summed E-state index contributed by atoms with van der Waals surface area (Å²) in [5, 5.41) is 14.8. The van der Waals surface area contributed by atoms with Gasteiger partial charge in [-0.3, -0.25) is 9.59 Å². The van der Waals surface area contributed by atoms with E-state index in [1.807, 2.05) is 0 Å². The van der Waals surface area contributed by atoms with Crippen molar-refractivity contribution in [3.05, 3.63) is 86.0 Å². The summed E-state index contributed by atoms with van der Waals surface area (Å²) in [6.07, 6.45) is 12.4. The lowest BCUT2D eigenvalue weighted by atomic mass is 9.92. The van der Waals surface area contributed by atoms with Crippen LogP contribution in [0.4, 0.5) is 5.82 Å². The third-order valence-electron chi connectivity index (χ3n) is 11.1. The number of sulfonamides is 2. The van der Waals surface area contributed by atoms with Crippen LogP contribution in [-0.2, 0) is 93.8 Å². The number of fused-ring (bicyclic) bond motifs is 4. The minimum atomic E-state index is -4.19. The number of ether oxygens (including phenoxy) is 2. The highest BCUT2D eigenvalue weighted by atomic mass is 32.2. The van der Waals surface area contributed by atoms with E-state index in [-0.39, 0.29) is 34.5 Å². The Hall–Kier alpha value is -5.16. The SMILES string of the molecule is CN(C)c1ccc(S(=O)(=O)NC(=O)Cc2c3c(cc4c2CCC4)CCC3)nn1.COc1cc(S(=O)(=O)NC(=O)Cc2c3c(cc4c2CCC4)CCC3)c(OC)nn1. The second kappa shape index (κ2) is 16.4. The van der Waals surface area contributed by atoms with Crippen LogP contribution in [-0.4, -0.2) is 77.4 Å². The molecule has 2 heterocycles. The summed E-state index contributed by atoms with van der Waals surface area (Å²) in [5.74, 6) is -0.740. The molecule has 0 fully saturated rings. The molecule has 4 aromatic rings. The van der Waals surface area contributed by atoms with Crippen molar-refractivity contribution in [2.24, 2.45) is 0 Å². The number of rotatable bonds is 11. The first-order chi connectivity index (χ1) is 27.3. The van der Waals surface area contributed by atoms with E-state index in [1.54, 1.807) is 25.1 Å². The molecule has 57 heavy (non-hydrogen) atoms. The number of hydrogen-bond donors (Lipinski definition) is 2. The van der Waals surface area contributed by atoms with Crippen LogP contribution in [0.25, 0.3) is 0 Å². The Bertz CT molecular complexity index is 2390. The Morgan fingerprint density at radius 2 is 1.09 bits per heavy atom. The van der Waals surface area contributed by atoms with Crippen LogP contribution >= 0.6 is 0 Å². The first-order valence-electron chi connectivity index (χ1n) is 19.2. The molecule has 2 N–H and O–H groups in total. The summed E-state index contributed by atoms with van der Waals surface area (Å²) in [7, 11) is -2.02. The zero-order valence-corrected chi connectivity index (χ0v) is 34.2. The molecule has 2 aromatic carbocycles. The highest BCUT2D eigenvalue weighted by Gasteiger charge is 2.30. The topological polar surface area (TPSA) is 200 Å². The monoisotopic (exact) mass is 817 g/mol. The number of carbonyl (C=O) groups is 2. The fourth-order valence-electron chi connectivity index (χ4n) is 8.57. The quantitative estimate of drug-likeness (QED) is 0.224. The normalized spacial score (nSPS) is 15.1. The van der Waals surface area contributed by atoms with Gasteiger partial charge in [0.05, 0.1) is 27.1 Å². The van der Waals surface area contributed by atoms with Crippen LogP contribution < -0.4 is 23.8 Å². The maximum Gasteiger partial charge on any atom is 0.283 e. The molecule has 15 nitrogen and oxygen atoms in total. The van der Waals surface area contributed by atoms with Gasteiger partial charge in [-0.1, -0.05) is 12.1 Å². The molecule has 302 valence electrons. The summed E-state index contributed by atoms with van der Waals surface area (Å²) < 4.78 is 65.0. The Kier molecular flexibility index (Phi) is 11.5. The smallest absolute Gasteiger partial charge is 0.283 e. The van der Waals surface area contributed by atoms with Gasteiger partial charge in [0.25, 0.3) is 25.9 Å². The predicted octanol–water partition coefficient (Wildman–Crippen LogP) is 3.09. The van der Waals surface area contributed by atoms with Gasteiger partial charge in [-0.25, -0.2) is 17.9 Å². The van der Waals surface area contributed by atoms with Crippen molar-refractivity contribution in [2.45, 2.75) is 99.8 Å². The van der Waals surface area contributed by atoms with Gasteiger partial charge >= 0.3 is 0 Å².